The maximum Gasteiger partial charge on any atom is 0.307 e. The Kier molecular flexibility index (Phi) is 4.71. The lowest BCUT2D eigenvalue weighted by Crippen LogP contribution is -2.32. The van der Waals surface area contributed by atoms with Crippen LogP contribution in [0.1, 0.15) is 44.4 Å². The molecule has 0 fully saturated rings. The zero-order chi connectivity index (χ0) is 14.8. The monoisotopic (exact) mass is 295 g/mol. The summed E-state index contributed by atoms with van der Waals surface area (Å²) in [6, 6.07) is 6.31. The van der Waals surface area contributed by atoms with E-state index in [0.717, 1.165) is 11.4 Å². The van der Waals surface area contributed by atoms with Crippen molar-refractivity contribution < 1.29 is 9.53 Å². The fraction of sp³-hybridized carbons (Fsp3) is 0.562. The molecule has 3 nitrogen and oxygen atoms in total. The van der Waals surface area contributed by atoms with Crippen LogP contribution in [0.2, 0.25) is 5.02 Å². The van der Waals surface area contributed by atoms with Gasteiger partial charge >= 0.3 is 5.97 Å². The van der Waals surface area contributed by atoms with Gasteiger partial charge in [-0.05, 0) is 42.0 Å². The molecule has 1 aromatic rings. The van der Waals surface area contributed by atoms with Crippen molar-refractivity contribution in [1.29, 1.82) is 0 Å². The molecular weight excluding hydrogens is 274 g/mol. The van der Waals surface area contributed by atoms with Crippen LogP contribution in [0.5, 0.6) is 0 Å². The van der Waals surface area contributed by atoms with Crippen molar-refractivity contribution in [3.8, 4) is 0 Å². The normalized spacial score (nSPS) is 19.7. The number of benzene rings is 1. The van der Waals surface area contributed by atoms with Gasteiger partial charge in [-0.25, -0.2) is 0 Å². The highest BCUT2D eigenvalue weighted by atomic mass is 35.5. The third-order valence-electron chi connectivity index (χ3n) is 3.83. The zero-order valence-electron chi connectivity index (χ0n) is 12.3. The first-order valence-corrected chi connectivity index (χ1v) is 7.49. The Morgan fingerprint density at radius 3 is 2.95 bits per heavy atom. The van der Waals surface area contributed by atoms with Crippen molar-refractivity contribution in [2.75, 3.05) is 13.2 Å². The van der Waals surface area contributed by atoms with Crippen LogP contribution in [0.25, 0.3) is 0 Å². The zero-order valence-corrected chi connectivity index (χ0v) is 13.1. The van der Waals surface area contributed by atoms with Crippen LogP contribution in [0.4, 0.5) is 0 Å². The van der Waals surface area contributed by atoms with Crippen molar-refractivity contribution in [2.45, 2.75) is 39.7 Å². The van der Waals surface area contributed by atoms with Crippen molar-refractivity contribution >= 4 is 17.6 Å². The average molecular weight is 296 g/mol. The van der Waals surface area contributed by atoms with E-state index in [1.54, 1.807) is 0 Å². The molecule has 2 rings (SSSR count). The Hall–Kier alpha value is -1.06. The second-order valence-corrected chi connectivity index (χ2v) is 6.39. The minimum absolute atomic E-state index is 0.127. The van der Waals surface area contributed by atoms with E-state index in [4.69, 9.17) is 16.3 Å². The Labute approximate surface area is 125 Å². The van der Waals surface area contributed by atoms with Gasteiger partial charge in [0.15, 0.2) is 0 Å². The molecule has 20 heavy (non-hydrogen) atoms. The predicted molar refractivity (Wildman–Crippen MR) is 80.9 cm³/mol. The highest BCUT2D eigenvalue weighted by molar-refractivity contribution is 6.30. The van der Waals surface area contributed by atoms with Gasteiger partial charge in [-0.2, -0.15) is 0 Å². The highest BCUT2D eigenvalue weighted by Crippen LogP contribution is 2.45. The third kappa shape index (κ3) is 3.33. The second-order valence-electron chi connectivity index (χ2n) is 5.95. The summed E-state index contributed by atoms with van der Waals surface area (Å²) < 4.78 is 4.95. The molecule has 1 atom stereocenters. The van der Waals surface area contributed by atoms with E-state index < -0.39 is 0 Å². The number of carbonyl (C=O) groups excluding carboxylic acids is 1. The molecule has 0 saturated carbocycles. The number of esters is 1. The predicted octanol–water partition coefficient (Wildman–Crippen LogP) is 3.51. The minimum atomic E-state index is -0.151. The standard InChI is InChI=1S/C16H22ClNO2/c1-4-20-14(19)7-8-18-15-13-9-12(17)6-5-11(13)10-16(15,2)3/h5-6,9,15,18H,4,7-8,10H2,1-3H3. The third-order valence-corrected chi connectivity index (χ3v) is 4.06. The summed E-state index contributed by atoms with van der Waals surface area (Å²) >= 11 is 6.11. The minimum Gasteiger partial charge on any atom is -0.466 e. The van der Waals surface area contributed by atoms with E-state index in [1.165, 1.54) is 11.1 Å². The van der Waals surface area contributed by atoms with Crippen molar-refractivity contribution in [1.82, 2.24) is 5.32 Å². The number of fused-ring (bicyclic) bond motifs is 1. The molecule has 0 radical (unpaired) electrons. The van der Waals surface area contributed by atoms with Gasteiger partial charge in [0.1, 0.15) is 0 Å². The van der Waals surface area contributed by atoms with E-state index in [2.05, 4.69) is 25.2 Å². The number of ether oxygens (including phenoxy) is 1. The molecular formula is C16H22ClNO2. The van der Waals surface area contributed by atoms with Crippen molar-refractivity contribution in [3.05, 3.63) is 34.3 Å². The first kappa shape index (κ1) is 15.3. The topological polar surface area (TPSA) is 38.3 Å². The van der Waals surface area contributed by atoms with Gasteiger partial charge in [0.25, 0.3) is 0 Å². The summed E-state index contributed by atoms with van der Waals surface area (Å²) in [5.41, 5.74) is 2.72. The quantitative estimate of drug-likeness (QED) is 0.845. The molecule has 1 unspecified atom stereocenters. The maximum absolute atomic E-state index is 11.4. The number of carbonyl (C=O) groups is 1. The smallest absolute Gasteiger partial charge is 0.307 e. The first-order valence-electron chi connectivity index (χ1n) is 7.11. The summed E-state index contributed by atoms with van der Waals surface area (Å²) in [7, 11) is 0. The van der Waals surface area contributed by atoms with Crippen LogP contribution in [-0.4, -0.2) is 19.1 Å². The molecule has 0 spiro atoms. The lowest BCUT2D eigenvalue weighted by Gasteiger charge is -2.28. The van der Waals surface area contributed by atoms with Crippen LogP contribution >= 0.6 is 11.6 Å². The van der Waals surface area contributed by atoms with Gasteiger partial charge in [0.2, 0.25) is 0 Å². The van der Waals surface area contributed by atoms with Gasteiger partial charge in [-0.3, -0.25) is 4.79 Å². The van der Waals surface area contributed by atoms with Gasteiger partial charge < -0.3 is 10.1 Å². The molecule has 0 heterocycles. The lowest BCUT2D eigenvalue weighted by atomic mass is 9.85. The maximum atomic E-state index is 11.4. The molecule has 1 aliphatic rings. The van der Waals surface area contributed by atoms with Gasteiger partial charge in [0, 0.05) is 17.6 Å². The summed E-state index contributed by atoms with van der Waals surface area (Å²) in [4.78, 5) is 11.4. The highest BCUT2D eigenvalue weighted by Gasteiger charge is 2.38. The molecule has 110 valence electrons. The van der Waals surface area contributed by atoms with Crippen molar-refractivity contribution in [2.24, 2.45) is 5.41 Å². The molecule has 4 heteroatoms. The molecule has 0 aliphatic heterocycles. The molecule has 0 bridgehead atoms. The van der Waals surface area contributed by atoms with E-state index in [-0.39, 0.29) is 17.4 Å². The van der Waals surface area contributed by atoms with E-state index in [1.807, 2.05) is 19.1 Å². The summed E-state index contributed by atoms with van der Waals surface area (Å²) in [5.74, 6) is -0.151. The Balaban J connectivity index is 2.03. The van der Waals surface area contributed by atoms with E-state index in [9.17, 15) is 4.79 Å². The fourth-order valence-corrected chi connectivity index (χ4v) is 3.13. The SMILES string of the molecule is CCOC(=O)CCNC1c2cc(Cl)ccc2CC1(C)C. The first-order chi connectivity index (χ1) is 9.44. The molecule has 0 aromatic heterocycles. The summed E-state index contributed by atoms with van der Waals surface area (Å²) in [6.45, 7) is 7.36. The molecule has 1 aliphatic carbocycles. The Morgan fingerprint density at radius 1 is 1.50 bits per heavy atom. The number of hydrogen-bond donors (Lipinski definition) is 1. The van der Waals surface area contributed by atoms with Crippen molar-refractivity contribution in [3.63, 3.8) is 0 Å². The van der Waals surface area contributed by atoms with Gasteiger partial charge in [-0.15, -0.1) is 0 Å². The molecule has 0 amide bonds. The summed E-state index contributed by atoms with van der Waals surface area (Å²) in [5, 5.41) is 4.25. The fourth-order valence-electron chi connectivity index (χ4n) is 2.95. The molecule has 0 saturated heterocycles. The molecule has 1 aromatic carbocycles. The Morgan fingerprint density at radius 2 is 2.25 bits per heavy atom. The molecule has 1 N–H and O–H groups in total. The van der Waals surface area contributed by atoms with E-state index >= 15 is 0 Å². The van der Waals surface area contributed by atoms with Crippen LogP contribution in [0.15, 0.2) is 18.2 Å². The van der Waals surface area contributed by atoms with Crippen LogP contribution in [0.3, 0.4) is 0 Å². The largest absolute Gasteiger partial charge is 0.466 e. The Bertz CT molecular complexity index is 499. The number of halogens is 1. The average Bonchev–Trinajstić information content (AvgIpc) is 2.61. The summed E-state index contributed by atoms with van der Waals surface area (Å²) in [6.07, 6.45) is 1.42. The second kappa shape index (κ2) is 6.15. The lowest BCUT2D eigenvalue weighted by molar-refractivity contribution is -0.143. The van der Waals surface area contributed by atoms with Gasteiger partial charge in [0.05, 0.1) is 13.0 Å². The van der Waals surface area contributed by atoms with Crippen LogP contribution in [0, 0.1) is 5.41 Å². The number of rotatable bonds is 5. The van der Waals surface area contributed by atoms with Crippen LogP contribution < -0.4 is 5.32 Å². The van der Waals surface area contributed by atoms with Gasteiger partial charge in [-0.1, -0.05) is 31.5 Å². The number of hydrogen-bond acceptors (Lipinski definition) is 3. The van der Waals surface area contributed by atoms with Crippen LogP contribution in [-0.2, 0) is 16.0 Å². The number of nitrogens with one attached hydrogen (secondary N) is 1. The van der Waals surface area contributed by atoms with E-state index in [0.29, 0.717) is 19.6 Å².